The Morgan fingerprint density at radius 3 is 2.76 bits per heavy atom. The van der Waals surface area contributed by atoms with Crippen LogP contribution in [0.4, 0.5) is 5.69 Å². The van der Waals surface area contributed by atoms with Crippen LogP contribution in [0.2, 0.25) is 5.02 Å². The Labute approximate surface area is 147 Å². The van der Waals surface area contributed by atoms with Crippen molar-refractivity contribution in [3.8, 4) is 5.75 Å². The minimum atomic E-state index is -0.500. The first-order chi connectivity index (χ1) is 12.0. The average Bonchev–Trinajstić information content (AvgIpc) is 3.09. The van der Waals surface area contributed by atoms with Gasteiger partial charge in [-0.3, -0.25) is 15.2 Å². The third-order valence-electron chi connectivity index (χ3n) is 3.46. The SMILES string of the molecule is N[C@H](c1ccc(Cl)cc1)c1n[nH]c(COc2cccc([N+](=O)[O-])c2)n1. The smallest absolute Gasteiger partial charge is 0.273 e. The average molecular weight is 360 g/mol. The molecule has 0 amide bonds. The summed E-state index contributed by atoms with van der Waals surface area (Å²) in [7, 11) is 0. The number of nitrogens with one attached hydrogen (secondary N) is 1. The molecule has 0 saturated heterocycles. The molecule has 3 aromatic rings. The second-order valence-electron chi connectivity index (χ2n) is 5.21. The molecule has 128 valence electrons. The van der Waals surface area contributed by atoms with Gasteiger partial charge in [0.1, 0.15) is 12.4 Å². The predicted octanol–water partition coefficient (Wildman–Crippen LogP) is 2.99. The van der Waals surface area contributed by atoms with Crippen molar-refractivity contribution in [1.29, 1.82) is 0 Å². The zero-order valence-electron chi connectivity index (χ0n) is 12.9. The Morgan fingerprint density at radius 1 is 1.28 bits per heavy atom. The molecule has 0 aliphatic heterocycles. The van der Waals surface area contributed by atoms with Crippen LogP contribution in [0.5, 0.6) is 5.75 Å². The molecule has 1 heterocycles. The number of non-ortho nitro benzene ring substituents is 1. The lowest BCUT2D eigenvalue weighted by Crippen LogP contribution is -2.13. The molecule has 3 rings (SSSR count). The standard InChI is InChI=1S/C16H14ClN5O3/c17-11-6-4-10(5-7-11)15(18)16-19-14(20-21-16)9-25-13-3-1-2-12(8-13)22(23)24/h1-8,15H,9,18H2,(H,19,20,21)/t15-/m1/s1. The summed E-state index contributed by atoms with van der Waals surface area (Å²) in [6.45, 7) is 0.0848. The maximum atomic E-state index is 10.8. The number of aromatic nitrogens is 3. The Kier molecular flexibility index (Phi) is 4.92. The van der Waals surface area contributed by atoms with Crippen molar-refractivity contribution in [1.82, 2.24) is 15.2 Å². The molecule has 9 heteroatoms. The number of aromatic amines is 1. The van der Waals surface area contributed by atoms with Gasteiger partial charge in [0.2, 0.25) is 0 Å². The summed E-state index contributed by atoms with van der Waals surface area (Å²) >= 11 is 5.86. The van der Waals surface area contributed by atoms with Crippen LogP contribution in [-0.2, 0) is 6.61 Å². The van der Waals surface area contributed by atoms with E-state index in [0.29, 0.717) is 22.4 Å². The first kappa shape index (κ1) is 16.9. The van der Waals surface area contributed by atoms with E-state index in [2.05, 4.69) is 15.2 Å². The highest BCUT2D eigenvalue weighted by Crippen LogP contribution is 2.21. The number of hydrogen-bond donors (Lipinski definition) is 2. The molecule has 0 radical (unpaired) electrons. The van der Waals surface area contributed by atoms with Gasteiger partial charge in [-0.1, -0.05) is 29.8 Å². The van der Waals surface area contributed by atoms with Gasteiger partial charge in [0.15, 0.2) is 11.6 Å². The number of hydrogen-bond acceptors (Lipinski definition) is 6. The van der Waals surface area contributed by atoms with Crippen molar-refractivity contribution in [3.05, 3.63) is 80.9 Å². The molecule has 2 aromatic carbocycles. The van der Waals surface area contributed by atoms with Crippen LogP contribution in [0.3, 0.4) is 0 Å². The molecular weight excluding hydrogens is 346 g/mol. The van der Waals surface area contributed by atoms with Crippen LogP contribution in [0.25, 0.3) is 0 Å². The monoisotopic (exact) mass is 359 g/mol. The highest BCUT2D eigenvalue weighted by atomic mass is 35.5. The van der Waals surface area contributed by atoms with Gasteiger partial charge in [0, 0.05) is 11.1 Å². The molecule has 0 spiro atoms. The molecule has 8 nitrogen and oxygen atoms in total. The molecule has 1 atom stereocenters. The molecule has 0 aliphatic rings. The quantitative estimate of drug-likeness (QED) is 0.515. The highest BCUT2D eigenvalue weighted by molar-refractivity contribution is 6.30. The van der Waals surface area contributed by atoms with Crippen LogP contribution in [0.15, 0.2) is 48.5 Å². The molecule has 0 bridgehead atoms. The molecule has 3 N–H and O–H groups in total. The third-order valence-corrected chi connectivity index (χ3v) is 3.71. The Balaban J connectivity index is 1.66. The van der Waals surface area contributed by atoms with Crippen LogP contribution in [0.1, 0.15) is 23.3 Å². The van der Waals surface area contributed by atoms with Gasteiger partial charge in [-0.15, -0.1) is 0 Å². The number of halogens is 1. The van der Waals surface area contributed by atoms with Gasteiger partial charge in [-0.05, 0) is 23.8 Å². The van der Waals surface area contributed by atoms with Gasteiger partial charge >= 0.3 is 0 Å². The number of H-pyrrole nitrogens is 1. The summed E-state index contributed by atoms with van der Waals surface area (Å²) in [6, 6.07) is 12.5. The first-order valence-corrected chi connectivity index (χ1v) is 7.70. The van der Waals surface area contributed by atoms with Crippen LogP contribution >= 0.6 is 11.6 Å². The lowest BCUT2D eigenvalue weighted by Gasteiger charge is -2.07. The van der Waals surface area contributed by atoms with Gasteiger partial charge in [-0.2, -0.15) is 5.10 Å². The number of nitro benzene ring substituents is 1. The lowest BCUT2D eigenvalue weighted by atomic mass is 10.1. The van der Waals surface area contributed by atoms with E-state index < -0.39 is 11.0 Å². The van der Waals surface area contributed by atoms with Crippen LogP contribution in [-0.4, -0.2) is 20.1 Å². The van der Waals surface area contributed by atoms with Crippen LogP contribution < -0.4 is 10.5 Å². The molecule has 0 fully saturated rings. The maximum absolute atomic E-state index is 10.8. The number of rotatable bonds is 6. The third kappa shape index (κ3) is 4.11. The van der Waals surface area contributed by atoms with Crippen molar-refractivity contribution >= 4 is 17.3 Å². The number of ether oxygens (including phenoxy) is 1. The second kappa shape index (κ2) is 7.29. The molecule has 0 saturated carbocycles. The van der Waals surface area contributed by atoms with Gasteiger partial charge in [0.05, 0.1) is 17.0 Å². The fourth-order valence-electron chi connectivity index (χ4n) is 2.17. The fraction of sp³-hybridized carbons (Fsp3) is 0.125. The van der Waals surface area contributed by atoms with Crippen LogP contribution in [0, 0.1) is 10.1 Å². The van der Waals surface area contributed by atoms with E-state index in [1.165, 1.54) is 12.1 Å². The van der Waals surface area contributed by atoms with E-state index in [4.69, 9.17) is 22.1 Å². The van der Waals surface area contributed by atoms with E-state index in [1.807, 2.05) is 12.1 Å². The number of nitrogens with two attached hydrogens (primary N) is 1. The largest absolute Gasteiger partial charge is 0.485 e. The number of nitro groups is 1. The minimum absolute atomic E-state index is 0.0412. The van der Waals surface area contributed by atoms with Crippen molar-refractivity contribution in [2.24, 2.45) is 5.73 Å². The van der Waals surface area contributed by atoms with E-state index in [-0.39, 0.29) is 12.3 Å². The molecule has 25 heavy (non-hydrogen) atoms. The molecule has 0 unspecified atom stereocenters. The predicted molar refractivity (Wildman–Crippen MR) is 91.3 cm³/mol. The Morgan fingerprint density at radius 2 is 2.04 bits per heavy atom. The van der Waals surface area contributed by atoms with E-state index in [1.54, 1.807) is 24.3 Å². The Bertz CT molecular complexity index is 881. The summed E-state index contributed by atoms with van der Waals surface area (Å²) < 4.78 is 5.50. The molecule has 0 aliphatic carbocycles. The van der Waals surface area contributed by atoms with Crippen molar-refractivity contribution in [2.45, 2.75) is 12.6 Å². The summed E-state index contributed by atoms with van der Waals surface area (Å²) in [4.78, 5) is 14.6. The zero-order chi connectivity index (χ0) is 17.8. The van der Waals surface area contributed by atoms with E-state index in [0.717, 1.165) is 5.56 Å². The first-order valence-electron chi connectivity index (χ1n) is 7.32. The Hall–Kier alpha value is -2.97. The van der Waals surface area contributed by atoms with E-state index in [9.17, 15) is 10.1 Å². The summed E-state index contributed by atoms with van der Waals surface area (Å²) in [6.07, 6.45) is 0. The minimum Gasteiger partial charge on any atom is -0.485 e. The maximum Gasteiger partial charge on any atom is 0.273 e. The van der Waals surface area contributed by atoms with Gasteiger partial charge < -0.3 is 10.5 Å². The summed E-state index contributed by atoms with van der Waals surface area (Å²) in [5.41, 5.74) is 6.92. The van der Waals surface area contributed by atoms with Crippen molar-refractivity contribution < 1.29 is 9.66 Å². The zero-order valence-corrected chi connectivity index (χ0v) is 13.7. The summed E-state index contributed by atoms with van der Waals surface area (Å²) in [5, 5.41) is 18.2. The topological polar surface area (TPSA) is 120 Å². The number of benzene rings is 2. The van der Waals surface area contributed by atoms with Gasteiger partial charge in [-0.25, -0.2) is 4.98 Å². The molecule has 1 aromatic heterocycles. The lowest BCUT2D eigenvalue weighted by molar-refractivity contribution is -0.384. The van der Waals surface area contributed by atoms with Crippen molar-refractivity contribution in [2.75, 3.05) is 0 Å². The fourth-order valence-corrected chi connectivity index (χ4v) is 2.30. The number of nitrogens with zero attached hydrogens (tertiary/aromatic N) is 3. The van der Waals surface area contributed by atoms with E-state index >= 15 is 0 Å². The normalized spacial score (nSPS) is 11.9. The summed E-state index contributed by atoms with van der Waals surface area (Å²) in [5.74, 6) is 1.25. The van der Waals surface area contributed by atoms with Gasteiger partial charge in [0.25, 0.3) is 5.69 Å². The highest BCUT2D eigenvalue weighted by Gasteiger charge is 2.15. The molecular formula is C16H14ClN5O3. The second-order valence-corrected chi connectivity index (χ2v) is 5.65. The van der Waals surface area contributed by atoms with Crippen molar-refractivity contribution in [3.63, 3.8) is 0 Å².